The Hall–Kier alpha value is -1.31. The molecule has 0 spiro atoms. The quantitative estimate of drug-likeness (QED) is 0.719. The Bertz CT molecular complexity index is 544. The first-order valence-electron chi connectivity index (χ1n) is 6.20. The number of fused-ring (bicyclic) bond motifs is 1. The predicted molar refractivity (Wildman–Crippen MR) is 71.5 cm³/mol. The van der Waals surface area contributed by atoms with Crippen molar-refractivity contribution >= 4 is 11.1 Å². The molecule has 0 fully saturated rings. The first kappa shape index (κ1) is 12.2. The highest BCUT2D eigenvalue weighted by atomic mass is 16.3. The van der Waals surface area contributed by atoms with Crippen molar-refractivity contribution in [1.82, 2.24) is 4.98 Å². The van der Waals surface area contributed by atoms with Gasteiger partial charge in [-0.15, -0.1) is 0 Å². The van der Waals surface area contributed by atoms with Crippen LogP contribution in [0.5, 0.6) is 0 Å². The van der Waals surface area contributed by atoms with E-state index in [2.05, 4.69) is 45.7 Å². The summed E-state index contributed by atoms with van der Waals surface area (Å²) in [7, 11) is 0. The third-order valence-electron chi connectivity index (χ3n) is 2.96. The van der Waals surface area contributed by atoms with E-state index in [9.17, 15) is 0 Å². The lowest BCUT2D eigenvalue weighted by Gasteiger charge is -2.18. The molecule has 2 nitrogen and oxygen atoms in total. The van der Waals surface area contributed by atoms with Crippen LogP contribution in [0.3, 0.4) is 0 Å². The standard InChI is InChI=1S/C15H21NO/c1-9(2)12-13-11(7-10(3)8-16-13)17-14(12)15(4,5)6/h7-9H,1-6H3. The van der Waals surface area contributed by atoms with Crippen molar-refractivity contribution in [1.29, 1.82) is 0 Å². The molecule has 0 atom stereocenters. The van der Waals surface area contributed by atoms with Gasteiger partial charge < -0.3 is 4.42 Å². The van der Waals surface area contributed by atoms with Crippen LogP contribution in [0.15, 0.2) is 16.7 Å². The summed E-state index contributed by atoms with van der Waals surface area (Å²) >= 11 is 0. The van der Waals surface area contributed by atoms with E-state index in [-0.39, 0.29) is 5.41 Å². The van der Waals surface area contributed by atoms with Crippen LogP contribution in [0.4, 0.5) is 0 Å². The third-order valence-corrected chi connectivity index (χ3v) is 2.96. The van der Waals surface area contributed by atoms with Crippen LogP contribution in [0.25, 0.3) is 11.1 Å². The zero-order chi connectivity index (χ0) is 12.8. The maximum Gasteiger partial charge on any atom is 0.153 e. The van der Waals surface area contributed by atoms with Crippen molar-refractivity contribution in [2.75, 3.05) is 0 Å². The summed E-state index contributed by atoms with van der Waals surface area (Å²) in [5.74, 6) is 1.50. The van der Waals surface area contributed by atoms with Crippen molar-refractivity contribution in [3.05, 3.63) is 29.2 Å². The predicted octanol–water partition coefficient (Wildman–Crippen LogP) is 4.56. The van der Waals surface area contributed by atoms with Crippen LogP contribution in [0.2, 0.25) is 0 Å². The van der Waals surface area contributed by atoms with E-state index in [4.69, 9.17) is 4.42 Å². The summed E-state index contributed by atoms with van der Waals surface area (Å²) in [5.41, 5.74) is 4.36. The first-order valence-corrected chi connectivity index (χ1v) is 6.20. The second kappa shape index (κ2) is 3.86. The molecule has 0 radical (unpaired) electrons. The highest BCUT2D eigenvalue weighted by Gasteiger charge is 2.27. The maximum atomic E-state index is 6.04. The number of hydrogen-bond acceptors (Lipinski definition) is 2. The lowest BCUT2D eigenvalue weighted by atomic mass is 9.87. The number of nitrogens with zero attached hydrogens (tertiary/aromatic N) is 1. The molecule has 0 bridgehead atoms. The van der Waals surface area contributed by atoms with E-state index >= 15 is 0 Å². The minimum absolute atomic E-state index is 0.0220. The van der Waals surface area contributed by atoms with Crippen LogP contribution in [-0.2, 0) is 5.41 Å². The van der Waals surface area contributed by atoms with Gasteiger partial charge in [-0.25, -0.2) is 0 Å². The molecule has 2 rings (SSSR count). The Kier molecular flexibility index (Phi) is 2.76. The second-order valence-electron chi connectivity index (χ2n) is 6.11. The average molecular weight is 231 g/mol. The van der Waals surface area contributed by atoms with Gasteiger partial charge in [-0.1, -0.05) is 34.6 Å². The van der Waals surface area contributed by atoms with Crippen molar-refractivity contribution in [3.8, 4) is 0 Å². The fourth-order valence-corrected chi connectivity index (χ4v) is 2.19. The van der Waals surface area contributed by atoms with Gasteiger partial charge in [0.25, 0.3) is 0 Å². The molecular weight excluding hydrogens is 210 g/mol. The van der Waals surface area contributed by atoms with Crippen LogP contribution in [0.1, 0.15) is 57.4 Å². The van der Waals surface area contributed by atoms with E-state index < -0.39 is 0 Å². The lowest BCUT2D eigenvalue weighted by Crippen LogP contribution is -2.13. The second-order valence-corrected chi connectivity index (χ2v) is 6.11. The molecule has 2 aromatic rings. The zero-order valence-electron chi connectivity index (χ0n) is 11.6. The van der Waals surface area contributed by atoms with Gasteiger partial charge in [0.15, 0.2) is 5.58 Å². The molecule has 0 saturated carbocycles. The van der Waals surface area contributed by atoms with Gasteiger partial charge in [-0.3, -0.25) is 4.98 Å². The molecule has 2 aromatic heterocycles. The average Bonchev–Trinajstić information content (AvgIpc) is 2.55. The molecule has 0 aromatic carbocycles. The van der Waals surface area contributed by atoms with Crippen molar-refractivity contribution in [3.63, 3.8) is 0 Å². The number of hydrogen-bond donors (Lipinski definition) is 0. The molecule has 17 heavy (non-hydrogen) atoms. The molecule has 0 N–H and O–H groups in total. The first-order chi connectivity index (χ1) is 7.80. The number of rotatable bonds is 1. The van der Waals surface area contributed by atoms with Gasteiger partial charge in [0, 0.05) is 17.2 Å². The number of furan rings is 1. The zero-order valence-corrected chi connectivity index (χ0v) is 11.6. The van der Waals surface area contributed by atoms with Gasteiger partial charge >= 0.3 is 0 Å². The lowest BCUT2D eigenvalue weighted by molar-refractivity contribution is 0.421. The van der Waals surface area contributed by atoms with Crippen LogP contribution in [0, 0.1) is 6.92 Å². The van der Waals surface area contributed by atoms with Gasteiger partial charge in [0.2, 0.25) is 0 Å². The molecule has 92 valence electrons. The van der Waals surface area contributed by atoms with Crippen LogP contribution < -0.4 is 0 Å². The van der Waals surface area contributed by atoms with Gasteiger partial charge in [0.05, 0.1) is 0 Å². The number of aryl methyl sites for hydroxylation is 1. The summed E-state index contributed by atoms with van der Waals surface area (Å²) in [5, 5.41) is 0. The molecule has 2 heterocycles. The fraction of sp³-hybridized carbons (Fsp3) is 0.533. The van der Waals surface area contributed by atoms with E-state index in [0.29, 0.717) is 5.92 Å². The smallest absolute Gasteiger partial charge is 0.153 e. The Morgan fingerprint density at radius 1 is 1.24 bits per heavy atom. The Labute approximate surface area is 103 Å². The molecular formula is C15H21NO. The van der Waals surface area contributed by atoms with Crippen molar-refractivity contribution in [2.45, 2.75) is 52.9 Å². The fourth-order valence-electron chi connectivity index (χ4n) is 2.19. The van der Waals surface area contributed by atoms with Crippen LogP contribution in [-0.4, -0.2) is 4.98 Å². The van der Waals surface area contributed by atoms with E-state index in [0.717, 1.165) is 22.4 Å². The molecule has 0 saturated heterocycles. The van der Waals surface area contributed by atoms with Crippen molar-refractivity contribution < 1.29 is 4.42 Å². The van der Waals surface area contributed by atoms with E-state index in [1.54, 1.807) is 0 Å². The Balaban J connectivity index is 2.80. The number of aromatic nitrogens is 1. The molecule has 0 amide bonds. The molecule has 2 heteroatoms. The Morgan fingerprint density at radius 2 is 1.88 bits per heavy atom. The molecule has 0 aliphatic rings. The molecule has 0 aliphatic heterocycles. The molecule has 0 aliphatic carbocycles. The van der Waals surface area contributed by atoms with E-state index in [1.807, 2.05) is 13.1 Å². The van der Waals surface area contributed by atoms with Gasteiger partial charge in [0.1, 0.15) is 11.3 Å². The minimum atomic E-state index is 0.0220. The normalized spacial score (nSPS) is 12.6. The topological polar surface area (TPSA) is 26.0 Å². The monoisotopic (exact) mass is 231 g/mol. The van der Waals surface area contributed by atoms with Gasteiger partial charge in [-0.2, -0.15) is 0 Å². The van der Waals surface area contributed by atoms with Crippen LogP contribution >= 0.6 is 0 Å². The highest BCUT2D eigenvalue weighted by Crippen LogP contribution is 2.37. The summed E-state index contributed by atoms with van der Waals surface area (Å²) in [6, 6.07) is 2.07. The highest BCUT2D eigenvalue weighted by molar-refractivity contribution is 5.79. The minimum Gasteiger partial charge on any atom is -0.458 e. The maximum absolute atomic E-state index is 6.04. The SMILES string of the molecule is Cc1cnc2c(C(C)C)c(C(C)(C)C)oc2c1. The summed E-state index contributed by atoms with van der Waals surface area (Å²) in [4.78, 5) is 4.54. The largest absolute Gasteiger partial charge is 0.458 e. The summed E-state index contributed by atoms with van der Waals surface area (Å²) < 4.78 is 6.04. The molecule has 0 unspecified atom stereocenters. The van der Waals surface area contributed by atoms with E-state index in [1.165, 1.54) is 5.56 Å². The summed E-state index contributed by atoms with van der Waals surface area (Å²) in [6.45, 7) is 13.0. The van der Waals surface area contributed by atoms with Gasteiger partial charge in [-0.05, 0) is 24.5 Å². The summed E-state index contributed by atoms with van der Waals surface area (Å²) in [6.07, 6.45) is 1.91. The third kappa shape index (κ3) is 2.08. The van der Waals surface area contributed by atoms with Crippen molar-refractivity contribution in [2.24, 2.45) is 0 Å². The Morgan fingerprint density at radius 3 is 2.41 bits per heavy atom. The number of pyridine rings is 1.